The zero-order valence-electron chi connectivity index (χ0n) is 15.1. The molecule has 134 valence electrons. The highest BCUT2D eigenvalue weighted by atomic mass is 127. The fourth-order valence-corrected chi connectivity index (χ4v) is 4.16. The fourth-order valence-electron chi connectivity index (χ4n) is 3.58. The van der Waals surface area contributed by atoms with Crippen LogP contribution in [0.25, 0.3) is 10.9 Å². The van der Waals surface area contributed by atoms with Gasteiger partial charge in [0.15, 0.2) is 0 Å². The lowest BCUT2D eigenvalue weighted by Crippen LogP contribution is -2.16. The van der Waals surface area contributed by atoms with Crippen LogP contribution >= 0.6 is 22.6 Å². The molecule has 1 fully saturated rings. The number of fused-ring (bicyclic) bond motifs is 1. The Morgan fingerprint density at radius 2 is 2.08 bits per heavy atom. The van der Waals surface area contributed by atoms with Gasteiger partial charge in [-0.3, -0.25) is 9.89 Å². The number of amides is 1. The summed E-state index contributed by atoms with van der Waals surface area (Å²) in [5.74, 6) is 0.843. The van der Waals surface area contributed by atoms with Crippen LogP contribution in [0.4, 0.5) is 5.69 Å². The van der Waals surface area contributed by atoms with Crippen molar-refractivity contribution in [3.63, 3.8) is 0 Å². The Hall–Kier alpha value is -1.89. The molecule has 1 aromatic heterocycles. The third kappa shape index (κ3) is 3.24. The summed E-state index contributed by atoms with van der Waals surface area (Å²) in [6.45, 7) is 6.40. The standard InChI is InChI=1S/C21H22IN3O/c1-11(2)15-8-12(3)4-7-18(15)23-21(26)17-10-16(17)13-5-6-14-19(9-13)24-25-20(14)22/h4-9,11,16-17H,10H2,1-3H3,(H,23,26)(H,24,25)/t16-,17+/m0/s1. The Bertz CT molecular complexity index is 992. The molecule has 0 aliphatic heterocycles. The molecule has 0 bridgehead atoms. The third-order valence-corrected chi connectivity index (χ3v) is 6.00. The first-order valence-corrected chi connectivity index (χ1v) is 10.1. The van der Waals surface area contributed by atoms with Crippen LogP contribution in [0, 0.1) is 16.5 Å². The normalized spacial score (nSPS) is 19.1. The van der Waals surface area contributed by atoms with Crippen molar-refractivity contribution in [2.24, 2.45) is 5.92 Å². The minimum atomic E-state index is 0.0479. The largest absolute Gasteiger partial charge is 0.326 e. The summed E-state index contributed by atoms with van der Waals surface area (Å²) in [6, 6.07) is 12.6. The average molecular weight is 459 g/mol. The number of hydrogen-bond acceptors (Lipinski definition) is 2. The van der Waals surface area contributed by atoms with Crippen LogP contribution in [0.5, 0.6) is 0 Å². The van der Waals surface area contributed by atoms with Gasteiger partial charge in [0, 0.05) is 17.0 Å². The minimum absolute atomic E-state index is 0.0479. The molecule has 4 rings (SSSR count). The molecule has 1 aliphatic rings. The highest BCUT2D eigenvalue weighted by Crippen LogP contribution is 2.48. The molecule has 1 saturated carbocycles. The number of aromatic nitrogens is 2. The molecule has 1 heterocycles. The van der Waals surface area contributed by atoms with E-state index in [9.17, 15) is 4.79 Å². The number of halogens is 1. The van der Waals surface area contributed by atoms with Crippen LogP contribution < -0.4 is 5.32 Å². The van der Waals surface area contributed by atoms with Crippen LogP contribution in [0.1, 0.15) is 48.8 Å². The quantitative estimate of drug-likeness (QED) is 0.518. The molecular weight excluding hydrogens is 437 g/mol. The summed E-state index contributed by atoms with van der Waals surface area (Å²) in [5, 5.41) is 11.6. The summed E-state index contributed by atoms with van der Waals surface area (Å²) >= 11 is 2.25. The van der Waals surface area contributed by atoms with Gasteiger partial charge >= 0.3 is 0 Å². The number of aryl methyl sites for hydroxylation is 1. The molecule has 0 unspecified atom stereocenters. The molecule has 2 N–H and O–H groups in total. The van der Waals surface area contributed by atoms with Gasteiger partial charge in [-0.2, -0.15) is 5.10 Å². The van der Waals surface area contributed by atoms with Crippen molar-refractivity contribution in [2.45, 2.75) is 39.0 Å². The Kier molecular flexibility index (Phi) is 4.50. The maximum atomic E-state index is 12.8. The lowest BCUT2D eigenvalue weighted by atomic mass is 9.98. The Balaban J connectivity index is 1.50. The maximum Gasteiger partial charge on any atom is 0.228 e. The van der Waals surface area contributed by atoms with E-state index in [2.05, 4.69) is 89.2 Å². The molecule has 5 heteroatoms. The summed E-state index contributed by atoms with van der Waals surface area (Å²) < 4.78 is 1.05. The average Bonchev–Trinajstić information content (AvgIpc) is 3.34. The van der Waals surface area contributed by atoms with E-state index in [0.717, 1.165) is 26.7 Å². The lowest BCUT2D eigenvalue weighted by molar-refractivity contribution is -0.117. The van der Waals surface area contributed by atoms with Crippen molar-refractivity contribution in [3.8, 4) is 0 Å². The number of carbonyl (C=O) groups excluding carboxylic acids is 1. The van der Waals surface area contributed by atoms with Gasteiger partial charge in [-0.15, -0.1) is 0 Å². The molecule has 26 heavy (non-hydrogen) atoms. The smallest absolute Gasteiger partial charge is 0.228 e. The van der Waals surface area contributed by atoms with Crippen LogP contribution in [0.3, 0.4) is 0 Å². The van der Waals surface area contributed by atoms with Gasteiger partial charge in [0.05, 0.1) is 5.52 Å². The number of benzene rings is 2. The van der Waals surface area contributed by atoms with Gasteiger partial charge in [-0.1, -0.05) is 37.6 Å². The van der Waals surface area contributed by atoms with Crippen molar-refractivity contribution >= 4 is 45.1 Å². The van der Waals surface area contributed by atoms with Gasteiger partial charge < -0.3 is 5.32 Å². The van der Waals surface area contributed by atoms with Crippen LogP contribution in [-0.2, 0) is 4.79 Å². The fraction of sp³-hybridized carbons (Fsp3) is 0.333. The summed E-state index contributed by atoms with van der Waals surface area (Å²) in [5.41, 5.74) is 5.53. The molecule has 1 amide bonds. The number of anilines is 1. The zero-order valence-corrected chi connectivity index (χ0v) is 17.3. The van der Waals surface area contributed by atoms with E-state index < -0.39 is 0 Å². The molecular formula is C21H22IN3O. The maximum absolute atomic E-state index is 12.8. The van der Waals surface area contributed by atoms with E-state index >= 15 is 0 Å². The highest BCUT2D eigenvalue weighted by Gasteiger charge is 2.44. The van der Waals surface area contributed by atoms with E-state index in [1.54, 1.807) is 0 Å². The Labute approximate surface area is 166 Å². The number of carbonyl (C=O) groups is 1. The van der Waals surface area contributed by atoms with Gasteiger partial charge in [0.2, 0.25) is 5.91 Å². The van der Waals surface area contributed by atoms with Crippen LogP contribution in [0.15, 0.2) is 36.4 Å². The van der Waals surface area contributed by atoms with E-state index in [-0.39, 0.29) is 11.8 Å². The van der Waals surface area contributed by atoms with Gasteiger partial charge in [-0.05, 0) is 77.1 Å². The lowest BCUT2D eigenvalue weighted by Gasteiger charge is -2.15. The van der Waals surface area contributed by atoms with Crippen molar-refractivity contribution in [1.29, 1.82) is 0 Å². The first-order valence-electron chi connectivity index (χ1n) is 8.99. The summed E-state index contributed by atoms with van der Waals surface area (Å²) in [6.07, 6.45) is 0.904. The zero-order chi connectivity index (χ0) is 18.4. The van der Waals surface area contributed by atoms with Crippen molar-refractivity contribution in [3.05, 3.63) is 56.8 Å². The molecule has 1 aliphatic carbocycles. The van der Waals surface area contributed by atoms with E-state index in [0.29, 0.717) is 11.8 Å². The second-order valence-electron chi connectivity index (χ2n) is 7.50. The number of nitrogens with zero attached hydrogens (tertiary/aromatic N) is 1. The topological polar surface area (TPSA) is 57.8 Å². The summed E-state index contributed by atoms with van der Waals surface area (Å²) in [4.78, 5) is 12.8. The SMILES string of the molecule is Cc1ccc(NC(=O)[C@@H]2C[C@H]2c2ccc3c(I)[nH]nc3c2)c(C(C)C)c1. The van der Waals surface area contributed by atoms with Crippen molar-refractivity contribution in [2.75, 3.05) is 5.32 Å². The van der Waals surface area contributed by atoms with Crippen LogP contribution in [0.2, 0.25) is 0 Å². The summed E-state index contributed by atoms with van der Waals surface area (Å²) in [7, 11) is 0. The number of hydrogen-bond donors (Lipinski definition) is 2. The number of nitrogens with one attached hydrogen (secondary N) is 2. The molecule has 4 nitrogen and oxygen atoms in total. The van der Waals surface area contributed by atoms with Gasteiger partial charge in [-0.25, -0.2) is 0 Å². The van der Waals surface area contributed by atoms with E-state index in [1.165, 1.54) is 16.7 Å². The number of rotatable bonds is 4. The van der Waals surface area contributed by atoms with Crippen molar-refractivity contribution in [1.82, 2.24) is 10.2 Å². The first kappa shape index (κ1) is 17.5. The second kappa shape index (κ2) is 6.68. The van der Waals surface area contributed by atoms with Crippen LogP contribution in [-0.4, -0.2) is 16.1 Å². The van der Waals surface area contributed by atoms with Gasteiger partial charge in [0.25, 0.3) is 0 Å². The Morgan fingerprint density at radius 3 is 2.85 bits per heavy atom. The Morgan fingerprint density at radius 1 is 1.27 bits per heavy atom. The monoisotopic (exact) mass is 459 g/mol. The molecule has 2 aromatic carbocycles. The first-order chi connectivity index (χ1) is 12.4. The van der Waals surface area contributed by atoms with Gasteiger partial charge in [0.1, 0.15) is 3.70 Å². The molecule has 0 saturated heterocycles. The van der Waals surface area contributed by atoms with E-state index in [1.807, 2.05) is 6.07 Å². The molecule has 3 aromatic rings. The number of H-pyrrole nitrogens is 1. The molecule has 0 spiro atoms. The molecule has 2 atom stereocenters. The van der Waals surface area contributed by atoms with Crippen molar-refractivity contribution < 1.29 is 4.79 Å². The third-order valence-electron chi connectivity index (χ3n) is 5.18. The number of aromatic amines is 1. The van der Waals surface area contributed by atoms with E-state index in [4.69, 9.17) is 0 Å². The highest BCUT2D eigenvalue weighted by molar-refractivity contribution is 14.1. The predicted molar refractivity (Wildman–Crippen MR) is 114 cm³/mol. The minimum Gasteiger partial charge on any atom is -0.326 e. The predicted octanol–water partition coefficient (Wildman–Crippen LogP) is 5.34. The molecule has 0 radical (unpaired) electrons. The second-order valence-corrected chi connectivity index (χ2v) is 8.58.